The number of fused-ring (bicyclic) bond motifs is 2. The van der Waals surface area contributed by atoms with E-state index in [-0.39, 0.29) is 42.0 Å². The summed E-state index contributed by atoms with van der Waals surface area (Å²) >= 11 is 0. The number of hydrogen-bond donors (Lipinski definition) is 1. The van der Waals surface area contributed by atoms with Crippen molar-refractivity contribution in [3.63, 3.8) is 0 Å². The van der Waals surface area contributed by atoms with Crippen molar-refractivity contribution >= 4 is 36.9 Å². The Morgan fingerprint density at radius 1 is 1.26 bits per heavy atom. The van der Waals surface area contributed by atoms with Gasteiger partial charge in [-0.2, -0.15) is 9.97 Å². The van der Waals surface area contributed by atoms with Crippen molar-refractivity contribution in [3.8, 4) is 17.0 Å². The van der Waals surface area contributed by atoms with Gasteiger partial charge in [-0.25, -0.2) is 4.39 Å². The number of carbonyl (C=O) groups is 2. The third-order valence-corrected chi connectivity index (χ3v) is 9.19. The summed E-state index contributed by atoms with van der Waals surface area (Å²) in [5, 5.41) is 3.20. The molecule has 39 heavy (non-hydrogen) atoms. The smallest absolute Gasteiger partial charge is 0.257 e. The molecule has 5 rings (SSSR count). The Morgan fingerprint density at radius 2 is 2.00 bits per heavy atom. The highest BCUT2D eigenvalue weighted by Gasteiger charge is 2.40. The fraction of sp³-hybridized carbons (Fsp3) is 0.500. The van der Waals surface area contributed by atoms with Crippen LogP contribution in [0.2, 0.25) is 25.7 Å². The molecule has 3 aromatic rings. The Hall–Kier alpha value is -3.31. The molecule has 9 nitrogen and oxygen atoms in total. The van der Waals surface area contributed by atoms with Gasteiger partial charge in [-0.1, -0.05) is 19.6 Å². The van der Waals surface area contributed by atoms with Gasteiger partial charge in [-0.3, -0.25) is 14.9 Å². The van der Waals surface area contributed by atoms with Crippen molar-refractivity contribution in [3.05, 3.63) is 35.3 Å². The fourth-order valence-corrected chi connectivity index (χ4v) is 5.87. The van der Waals surface area contributed by atoms with Crippen molar-refractivity contribution in [1.29, 1.82) is 0 Å². The zero-order valence-electron chi connectivity index (χ0n) is 23.4. The quantitative estimate of drug-likeness (QED) is 0.271. The van der Waals surface area contributed by atoms with Gasteiger partial charge >= 0.3 is 0 Å². The lowest BCUT2D eigenvalue weighted by Crippen LogP contribution is -2.34. The highest BCUT2D eigenvalue weighted by atomic mass is 28.3. The summed E-state index contributed by atoms with van der Waals surface area (Å²) in [6.45, 7) is 11.5. The van der Waals surface area contributed by atoms with Crippen LogP contribution in [0.4, 0.5) is 10.3 Å². The molecule has 1 aliphatic heterocycles. The summed E-state index contributed by atoms with van der Waals surface area (Å²) in [6, 6.07) is 4.37. The molecule has 208 valence electrons. The van der Waals surface area contributed by atoms with Crippen molar-refractivity contribution in [1.82, 2.24) is 19.4 Å². The lowest BCUT2D eigenvalue weighted by Gasteiger charge is -2.23. The number of nitrogens with zero attached hydrogens (tertiary/aromatic N) is 4. The summed E-state index contributed by atoms with van der Waals surface area (Å²) in [5.74, 6) is -0.246. The van der Waals surface area contributed by atoms with Crippen LogP contribution in [0.5, 0.6) is 5.88 Å². The first-order chi connectivity index (χ1) is 18.5. The van der Waals surface area contributed by atoms with Crippen molar-refractivity contribution in [2.75, 3.05) is 19.0 Å². The minimum Gasteiger partial charge on any atom is -0.480 e. The van der Waals surface area contributed by atoms with Crippen LogP contribution in [-0.2, 0) is 22.8 Å². The molecule has 1 atom stereocenters. The van der Waals surface area contributed by atoms with Crippen LogP contribution in [0.1, 0.15) is 42.6 Å². The second kappa shape index (κ2) is 10.3. The van der Waals surface area contributed by atoms with Gasteiger partial charge in [0.05, 0.1) is 18.1 Å². The molecule has 0 unspecified atom stereocenters. The van der Waals surface area contributed by atoms with Gasteiger partial charge in [-0.05, 0) is 55.0 Å². The molecule has 0 spiro atoms. The maximum atomic E-state index is 15.5. The Balaban J connectivity index is 1.57. The molecule has 1 N–H and O–H groups in total. The Kier molecular flexibility index (Phi) is 7.23. The number of benzene rings is 1. The van der Waals surface area contributed by atoms with Gasteiger partial charge < -0.3 is 18.9 Å². The highest BCUT2D eigenvalue weighted by Crippen LogP contribution is 2.41. The van der Waals surface area contributed by atoms with Crippen LogP contribution in [0.15, 0.2) is 18.3 Å². The minimum atomic E-state index is -1.28. The van der Waals surface area contributed by atoms with E-state index in [4.69, 9.17) is 9.47 Å². The normalized spacial score (nSPS) is 16.1. The Morgan fingerprint density at radius 3 is 2.64 bits per heavy atom. The second-order valence-electron chi connectivity index (χ2n) is 11.8. The lowest BCUT2D eigenvalue weighted by atomic mass is 10.00. The van der Waals surface area contributed by atoms with Gasteiger partial charge in [0, 0.05) is 46.0 Å². The average molecular weight is 554 g/mol. The second-order valence-corrected chi connectivity index (χ2v) is 17.4. The van der Waals surface area contributed by atoms with Crippen LogP contribution in [0.3, 0.4) is 0 Å². The van der Waals surface area contributed by atoms with Crippen LogP contribution in [0, 0.1) is 11.7 Å². The van der Waals surface area contributed by atoms with Crippen LogP contribution < -0.4 is 10.1 Å². The van der Waals surface area contributed by atoms with E-state index in [0.29, 0.717) is 46.8 Å². The largest absolute Gasteiger partial charge is 0.480 e. The summed E-state index contributed by atoms with van der Waals surface area (Å²) in [4.78, 5) is 35.6. The highest BCUT2D eigenvalue weighted by molar-refractivity contribution is 6.76. The van der Waals surface area contributed by atoms with E-state index < -0.39 is 13.9 Å². The van der Waals surface area contributed by atoms with E-state index in [1.807, 2.05) is 23.8 Å². The average Bonchev–Trinajstić information content (AvgIpc) is 3.57. The fourth-order valence-electron chi connectivity index (χ4n) is 5.12. The SMILES string of the molecule is COc1nc(NC(C)=O)nc2c1c(-c1cc(F)c3c(c1)CN([C@@H](C)C1CC1)C3=O)cn2COCC[Si](C)(C)C. The van der Waals surface area contributed by atoms with Gasteiger partial charge in [0.2, 0.25) is 17.7 Å². The number of nitrogens with one attached hydrogen (secondary N) is 1. The zero-order valence-corrected chi connectivity index (χ0v) is 24.4. The number of halogens is 1. The Labute approximate surface area is 228 Å². The van der Waals surface area contributed by atoms with Crippen molar-refractivity contribution in [2.45, 2.75) is 71.7 Å². The molecule has 1 aromatic carbocycles. The third kappa shape index (κ3) is 5.55. The van der Waals surface area contributed by atoms with E-state index >= 15 is 4.39 Å². The number of hydrogen-bond acceptors (Lipinski definition) is 6. The molecule has 2 amide bonds. The summed E-state index contributed by atoms with van der Waals surface area (Å²) in [7, 11) is 0.212. The molecule has 1 fully saturated rings. The molecule has 1 saturated carbocycles. The summed E-state index contributed by atoms with van der Waals surface area (Å²) < 4.78 is 29.0. The van der Waals surface area contributed by atoms with Gasteiger partial charge in [0.25, 0.3) is 5.91 Å². The third-order valence-electron chi connectivity index (χ3n) is 7.49. The molecule has 3 heterocycles. The lowest BCUT2D eigenvalue weighted by molar-refractivity contribution is -0.114. The van der Waals surface area contributed by atoms with Crippen LogP contribution >= 0.6 is 0 Å². The Bertz CT molecular complexity index is 1450. The predicted octanol–water partition coefficient (Wildman–Crippen LogP) is 5.27. The number of anilines is 1. The van der Waals surface area contributed by atoms with Crippen LogP contribution in [-0.4, -0.2) is 59.1 Å². The number of ether oxygens (including phenoxy) is 2. The monoisotopic (exact) mass is 553 g/mol. The first-order valence-corrected chi connectivity index (χ1v) is 17.1. The van der Waals surface area contributed by atoms with E-state index in [2.05, 4.69) is 34.9 Å². The first kappa shape index (κ1) is 27.3. The molecule has 11 heteroatoms. The summed E-state index contributed by atoms with van der Waals surface area (Å²) in [6.07, 6.45) is 4.06. The topological polar surface area (TPSA) is 98.6 Å². The maximum absolute atomic E-state index is 15.5. The predicted molar refractivity (Wildman–Crippen MR) is 150 cm³/mol. The van der Waals surface area contributed by atoms with Crippen molar-refractivity contribution in [2.24, 2.45) is 5.92 Å². The molecule has 0 saturated heterocycles. The van der Waals surface area contributed by atoms with Gasteiger partial charge in [0.15, 0.2) is 5.65 Å². The van der Waals surface area contributed by atoms with E-state index in [1.165, 1.54) is 20.1 Å². The van der Waals surface area contributed by atoms with E-state index in [1.54, 1.807) is 4.90 Å². The molecular formula is C28H36FN5O4Si. The number of methoxy groups -OCH3 is 1. The zero-order chi connectivity index (χ0) is 28.1. The number of amides is 2. The number of aromatic nitrogens is 3. The standard InChI is InChI=1S/C28H36FN5O4Si/c1-16(18-7-8-18)34-13-20-11-19(12-22(29)23(20)27(34)36)21-14-33(15-38-9-10-39(4,5)6)25-24(21)26(37-3)32-28(31-25)30-17(2)35/h11-12,14,16,18H,7-10,13,15H2,1-6H3,(H,30,31,32,35)/t16-/m0/s1. The number of rotatable bonds is 10. The van der Waals surface area contributed by atoms with E-state index in [9.17, 15) is 9.59 Å². The molecule has 0 bridgehead atoms. The summed E-state index contributed by atoms with van der Waals surface area (Å²) in [5.41, 5.74) is 2.58. The molecular weight excluding hydrogens is 517 g/mol. The van der Waals surface area contributed by atoms with Gasteiger partial charge in [0.1, 0.15) is 12.5 Å². The molecule has 0 radical (unpaired) electrons. The van der Waals surface area contributed by atoms with E-state index in [0.717, 1.165) is 18.9 Å². The maximum Gasteiger partial charge on any atom is 0.257 e. The molecule has 2 aliphatic rings. The minimum absolute atomic E-state index is 0.0867. The number of carbonyl (C=O) groups excluding carboxylic acids is 2. The molecule has 2 aromatic heterocycles. The van der Waals surface area contributed by atoms with Crippen molar-refractivity contribution < 1.29 is 23.5 Å². The van der Waals surface area contributed by atoms with Crippen LogP contribution in [0.25, 0.3) is 22.2 Å². The molecule has 1 aliphatic carbocycles. The first-order valence-electron chi connectivity index (χ1n) is 13.4. The van der Waals surface area contributed by atoms with Gasteiger partial charge in [-0.15, -0.1) is 0 Å².